The number of hydrogen-bond acceptors (Lipinski definition) is 3. The Morgan fingerprint density at radius 3 is 2.48 bits per heavy atom. The molecule has 1 aromatic carbocycles. The second-order valence-corrected chi connectivity index (χ2v) is 6.83. The molecule has 4 nitrogen and oxygen atoms in total. The number of rotatable bonds is 3. The number of aromatic nitrogens is 1. The van der Waals surface area contributed by atoms with Gasteiger partial charge in [0.2, 0.25) is 5.88 Å². The van der Waals surface area contributed by atoms with Crippen molar-refractivity contribution in [2.45, 2.75) is 19.8 Å². The Bertz CT molecular complexity index is 662. The predicted molar refractivity (Wildman–Crippen MR) is 92.8 cm³/mol. The highest BCUT2D eigenvalue weighted by Crippen LogP contribution is 2.22. The molecule has 1 aliphatic rings. The van der Waals surface area contributed by atoms with Crippen molar-refractivity contribution in [1.82, 2.24) is 9.88 Å². The van der Waals surface area contributed by atoms with E-state index in [1.54, 1.807) is 18.3 Å². The summed E-state index contributed by atoms with van der Waals surface area (Å²) in [5, 5.41) is 0. The molecule has 0 radical (unpaired) electrons. The number of amides is 1. The van der Waals surface area contributed by atoms with Crippen LogP contribution in [0, 0.1) is 5.92 Å². The molecule has 1 aliphatic heterocycles. The third-order valence-electron chi connectivity index (χ3n) is 4.09. The Labute approximate surface area is 144 Å². The molecule has 0 spiro atoms. The van der Waals surface area contributed by atoms with E-state index in [1.165, 1.54) is 0 Å². The molecular weight excluding hydrogens is 356 g/mol. The van der Waals surface area contributed by atoms with Gasteiger partial charge in [0.15, 0.2) is 0 Å². The number of likely N-dealkylation sites (tertiary alicyclic amines) is 1. The van der Waals surface area contributed by atoms with Crippen LogP contribution in [0.5, 0.6) is 11.6 Å². The van der Waals surface area contributed by atoms with Gasteiger partial charge in [0.05, 0.1) is 5.56 Å². The molecule has 2 aromatic rings. The second-order valence-electron chi connectivity index (χ2n) is 5.92. The van der Waals surface area contributed by atoms with Crippen LogP contribution < -0.4 is 4.74 Å². The molecular formula is C18H19BrN2O2. The van der Waals surface area contributed by atoms with Crippen LogP contribution in [0.4, 0.5) is 0 Å². The minimum atomic E-state index is 0.0552. The normalized spacial score (nSPS) is 15.5. The third kappa shape index (κ3) is 4.10. The molecule has 0 aliphatic carbocycles. The van der Waals surface area contributed by atoms with Gasteiger partial charge in [-0.3, -0.25) is 4.79 Å². The number of carbonyl (C=O) groups is 1. The van der Waals surface area contributed by atoms with E-state index in [0.717, 1.165) is 30.4 Å². The van der Waals surface area contributed by atoms with Crippen LogP contribution in [-0.4, -0.2) is 28.9 Å². The number of hydrogen-bond donors (Lipinski definition) is 0. The van der Waals surface area contributed by atoms with Gasteiger partial charge >= 0.3 is 0 Å². The molecule has 0 bridgehead atoms. The van der Waals surface area contributed by atoms with Crippen LogP contribution in [0.25, 0.3) is 0 Å². The number of halogens is 1. The fourth-order valence-electron chi connectivity index (χ4n) is 2.58. The van der Waals surface area contributed by atoms with Crippen molar-refractivity contribution in [1.29, 1.82) is 0 Å². The smallest absolute Gasteiger partial charge is 0.255 e. The third-order valence-corrected chi connectivity index (χ3v) is 4.62. The lowest BCUT2D eigenvalue weighted by molar-refractivity contribution is 0.0697. The first-order chi connectivity index (χ1) is 11.1. The number of pyridine rings is 1. The number of nitrogens with zero attached hydrogens (tertiary/aromatic N) is 2. The highest BCUT2D eigenvalue weighted by Gasteiger charge is 2.21. The molecule has 5 heteroatoms. The highest BCUT2D eigenvalue weighted by molar-refractivity contribution is 9.10. The molecule has 120 valence electrons. The van der Waals surface area contributed by atoms with Crippen molar-refractivity contribution in [3.63, 3.8) is 0 Å². The topological polar surface area (TPSA) is 42.4 Å². The Balaban J connectivity index is 1.64. The van der Waals surface area contributed by atoms with Gasteiger partial charge in [0.1, 0.15) is 5.75 Å². The largest absolute Gasteiger partial charge is 0.439 e. The van der Waals surface area contributed by atoms with Crippen molar-refractivity contribution in [3.8, 4) is 11.6 Å². The van der Waals surface area contributed by atoms with Crippen molar-refractivity contribution >= 4 is 21.8 Å². The molecule has 2 heterocycles. The maximum absolute atomic E-state index is 12.5. The quantitative estimate of drug-likeness (QED) is 0.793. The van der Waals surface area contributed by atoms with Crippen LogP contribution in [0.2, 0.25) is 0 Å². The SMILES string of the molecule is CC1CCN(C(=O)c2ccc(Oc3ccc(Br)cc3)nc2)CC1. The van der Waals surface area contributed by atoms with Gasteiger partial charge in [-0.15, -0.1) is 0 Å². The number of ether oxygens (including phenoxy) is 1. The molecule has 3 rings (SSSR count). The van der Waals surface area contributed by atoms with Gasteiger partial charge < -0.3 is 9.64 Å². The standard InChI is InChI=1S/C18H19BrN2O2/c1-13-8-10-21(11-9-13)18(22)14-2-7-17(20-12-14)23-16-5-3-15(19)4-6-16/h2-7,12-13H,8-11H2,1H3. The van der Waals surface area contributed by atoms with Gasteiger partial charge in [-0.25, -0.2) is 4.98 Å². The Kier molecular flexibility index (Phi) is 4.96. The van der Waals surface area contributed by atoms with E-state index in [2.05, 4.69) is 27.8 Å². The average Bonchev–Trinajstić information content (AvgIpc) is 2.58. The summed E-state index contributed by atoms with van der Waals surface area (Å²) in [6.45, 7) is 3.89. The summed E-state index contributed by atoms with van der Waals surface area (Å²) >= 11 is 3.38. The molecule has 0 N–H and O–H groups in total. The predicted octanol–water partition coefficient (Wildman–Crippen LogP) is 4.51. The molecule has 0 unspecified atom stereocenters. The maximum atomic E-state index is 12.5. The van der Waals surface area contributed by atoms with E-state index < -0.39 is 0 Å². The van der Waals surface area contributed by atoms with Crippen LogP contribution >= 0.6 is 15.9 Å². The Hall–Kier alpha value is -1.88. The summed E-state index contributed by atoms with van der Waals surface area (Å²) in [5.74, 6) is 1.96. The van der Waals surface area contributed by atoms with E-state index >= 15 is 0 Å². The van der Waals surface area contributed by atoms with E-state index in [4.69, 9.17) is 4.74 Å². The highest BCUT2D eigenvalue weighted by atomic mass is 79.9. The summed E-state index contributed by atoms with van der Waals surface area (Å²) in [5.41, 5.74) is 0.614. The summed E-state index contributed by atoms with van der Waals surface area (Å²) in [6, 6.07) is 11.1. The molecule has 1 amide bonds. The fourth-order valence-corrected chi connectivity index (χ4v) is 2.85. The molecule has 1 fully saturated rings. The zero-order valence-corrected chi connectivity index (χ0v) is 14.6. The lowest BCUT2D eigenvalue weighted by atomic mass is 9.99. The van der Waals surface area contributed by atoms with Gasteiger partial charge in [-0.1, -0.05) is 22.9 Å². The molecule has 0 atom stereocenters. The summed E-state index contributed by atoms with van der Waals surface area (Å²) in [4.78, 5) is 18.6. The van der Waals surface area contributed by atoms with Crippen molar-refractivity contribution in [2.75, 3.05) is 13.1 Å². The fraction of sp³-hybridized carbons (Fsp3) is 0.333. The first-order valence-corrected chi connectivity index (χ1v) is 8.60. The van der Waals surface area contributed by atoms with E-state index in [-0.39, 0.29) is 5.91 Å². The van der Waals surface area contributed by atoms with Gasteiger partial charge in [0.25, 0.3) is 5.91 Å². The molecule has 23 heavy (non-hydrogen) atoms. The van der Waals surface area contributed by atoms with Crippen LogP contribution in [0.3, 0.4) is 0 Å². The first kappa shape index (κ1) is 16.0. The zero-order chi connectivity index (χ0) is 16.2. The van der Waals surface area contributed by atoms with Gasteiger partial charge in [0, 0.05) is 29.8 Å². The second kappa shape index (κ2) is 7.13. The van der Waals surface area contributed by atoms with Crippen molar-refractivity contribution in [3.05, 3.63) is 52.6 Å². The Morgan fingerprint density at radius 1 is 1.17 bits per heavy atom. The zero-order valence-electron chi connectivity index (χ0n) is 13.0. The maximum Gasteiger partial charge on any atom is 0.255 e. The monoisotopic (exact) mass is 374 g/mol. The minimum Gasteiger partial charge on any atom is -0.439 e. The van der Waals surface area contributed by atoms with Crippen LogP contribution in [0.15, 0.2) is 47.1 Å². The van der Waals surface area contributed by atoms with Gasteiger partial charge in [-0.05, 0) is 49.1 Å². The number of benzene rings is 1. The van der Waals surface area contributed by atoms with Crippen molar-refractivity contribution in [2.24, 2.45) is 5.92 Å². The minimum absolute atomic E-state index is 0.0552. The Morgan fingerprint density at radius 2 is 1.87 bits per heavy atom. The molecule has 1 saturated heterocycles. The number of piperidine rings is 1. The molecule has 0 saturated carbocycles. The summed E-state index contributed by atoms with van der Waals surface area (Å²) in [7, 11) is 0. The van der Waals surface area contributed by atoms with E-state index in [0.29, 0.717) is 23.1 Å². The first-order valence-electron chi connectivity index (χ1n) is 7.80. The number of carbonyl (C=O) groups excluding carboxylic acids is 1. The van der Waals surface area contributed by atoms with Crippen LogP contribution in [-0.2, 0) is 0 Å². The van der Waals surface area contributed by atoms with Gasteiger partial charge in [-0.2, -0.15) is 0 Å². The van der Waals surface area contributed by atoms with Crippen LogP contribution in [0.1, 0.15) is 30.1 Å². The van der Waals surface area contributed by atoms with E-state index in [9.17, 15) is 4.79 Å². The molecule has 1 aromatic heterocycles. The summed E-state index contributed by atoms with van der Waals surface area (Å²) < 4.78 is 6.67. The van der Waals surface area contributed by atoms with E-state index in [1.807, 2.05) is 29.2 Å². The lowest BCUT2D eigenvalue weighted by Crippen LogP contribution is -2.37. The average molecular weight is 375 g/mol. The lowest BCUT2D eigenvalue weighted by Gasteiger charge is -2.30. The van der Waals surface area contributed by atoms with Crippen molar-refractivity contribution < 1.29 is 9.53 Å². The summed E-state index contributed by atoms with van der Waals surface area (Å²) in [6.07, 6.45) is 3.74.